The van der Waals surface area contributed by atoms with Crippen molar-refractivity contribution in [3.8, 4) is 0 Å². The quantitative estimate of drug-likeness (QED) is 0.874. The van der Waals surface area contributed by atoms with Crippen molar-refractivity contribution in [3.05, 3.63) is 34.9 Å². The number of nitrogens with one attached hydrogen (secondary N) is 1. The number of amides is 1. The van der Waals surface area contributed by atoms with Gasteiger partial charge in [-0.3, -0.25) is 4.79 Å². The van der Waals surface area contributed by atoms with E-state index in [4.69, 9.17) is 11.6 Å². The van der Waals surface area contributed by atoms with E-state index < -0.39 is 0 Å². The van der Waals surface area contributed by atoms with Crippen molar-refractivity contribution in [1.29, 1.82) is 0 Å². The lowest BCUT2D eigenvalue weighted by molar-refractivity contribution is -0.127. The zero-order chi connectivity index (χ0) is 12.1. The molecule has 4 heteroatoms. The summed E-state index contributed by atoms with van der Waals surface area (Å²) in [7, 11) is 3.49. The number of rotatable bonds is 4. The second-order valence-electron chi connectivity index (χ2n) is 3.94. The normalized spacial score (nSPS) is 12.2. The van der Waals surface area contributed by atoms with E-state index in [2.05, 4.69) is 5.32 Å². The molecule has 0 bridgehead atoms. The van der Waals surface area contributed by atoms with E-state index in [-0.39, 0.29) is 11.9 Å². The number of benzene rings is 1. The number of hydrogen-bond acceptors (Lipinski definition) is 2. The van der Waals surface area contributed by atoms with Crippen LogP contribution in [-0.2, 0) is 4.79 Å². The molecule has 0 aliphatic carbocycles. The number of carbonyl (C=O) groups is 1. The van der Waals surface area contributed by atoms with Gasteiger partial charge in [-0.2, -0.15) is 0 Å². The van der Waals surface area contributed by atoms with Gasteiger partial charge in [-0.05, 0) is 24.6 Å². The molecule has 1 aromatic carbocycles. The highest BCUT2D eigenvalue weighted by atomic mass is 35.5. The molecule has 1 rings (SSSR count). The van der Waals surface area contributed by atoms with Crippen LogP contribution in [0.1, 0.15) is 18.5 Å². The van der Waals surface area contributed by atoms with E-state index in [1.807, 2.05) is 31.2 Å². The highest BCUT2D eigenvalue weighted by Gasteiger charge is 2.08. The molecular weight excluding hydrogens is 224 g/mol. The number of likely N-dealkylation sites (N-methyl/N-ethyl adjacent to an activating group) is 1. The molecule has 0 unspecified atom stereocenters. The van der Waals surface area contributed by atoms with Gasteiger partial charge in [0.2, 0.25) is 5.91 Å². The molecule has 0 heterocycles. The molecule has 0 fully saturated rings. The van der Waals surface area contributed by atoms with E-state index in [0.717, 1.165) is 10.6 Å². The molecule has 0 aliphatic heterocycles. The lowest BCUT2D eigenvalue weighted by Gasteiger charge is -2.16. The fourth-order valence-electron chi connectivity index (χ4n) is 1.27. The highest BCUT2D eigenvalue weighted by molar-refractivity contribution is 6.30. The van der Waals surface area contributed by atoms with Crippen LogP contribution in [0.4, 0.5) is 0 Å². The van der Waals surface area contributed by atoms with Gasteiger partial charge < -0.3 is 10.2 Å². The summed E-state index contributed by atoms with van der Waals surface area (Å²) in [5, 5.41) is 3.89. The van der Waals surface area contributed by atoms with Crippen LogP contribution >= 0.6 is 11.6 Å². The van der Waals surface area contributed by atoms with Gasteiger partial charge in [-0.25, -0.2) is 0 Å². The molecule has 0 saturated carbocycles. The van der Waals surface area contributed by atoms with Crippen molar-refractivity contribution >= 4 is 17.5 Å². The van der Waals surface area contributed by atoms with Crippen LogP contribution in [0.2, 0.25) is 5.02 Å². The van der Waals surface area contributed by atoms with E-state index in [1.165, 1.54) is 0 Å². The Morgan fingerprint density at radius 3 is 2.44 bits per heavy atom. The maximum atomic E-state index is 11.4. The minimum atomic E-state index is 0.0702. The number of halogens is 1. The van der Waals surface area contributed by atoms with Crippen molar-refractivity contribution in [2.45, 2.75) is 13.0 Å². The summed E-state index contributed by atoms with van der Waals surface area (Å²) >= 11 is 5.80. The molecule has 1 aromatic rings. The van der Waals surface area contributed by atoms with E-state index in [1.54, 1.807) is 19.0 Å². The molecule has 0 saturated heterocycles. The maximum Gasteiger partial charge on any atom is 0.236 e. The van der Waals surface area contributed by atoms with Crippen LogP contribution in [0.15, 0.2) is 24.3 Å². The first-order chi connectivity index (χ1) is 7.50. The molecule has 3 nitrogen and oxygen atoms in total. The van der Waals surface area contributed by atoms with Crippen molar-refractivity contribution < 1.29 is 4.79 Å². The molecule has 0 radical (unpaired) electrons. The summed E-state index contributed by atoms with van der Waals surface area (Å²) in [6.45, 7) is 2.36. The lowest BCUT2D eigenvalue weighted by Crippen LogP contribution is -2.34. The van der Waals surface area contributed by atoms with Crippen LogP contribution in [0.3, 0.4) is 0 Å². The Bertz CT molecular complexity index is 349. The largest absolute Gasteiger partial charge is 0.348 e. The molecule has 1 atom stereocenters. The molecule has 88 valence electrons. The third kappa shape index (κ3) is 3.83. The van der Waals surface area contributed by atoms with Crippen molar-refractivity contribution in [1.82, 2.24) is 10.2 Å². The molecule has 1 amide bonds. The predicted octanol–water partition coefficient (Wildman–Crippen LogP) is 2.08. The van der Waals surface area contributed by atoms with Gasteiger partial charge in [0.05, 0.1) is 6.54 Å². The Hall–Kier alpha value is -1.06. The van der Waals surface area contributed by atoms with Gasteiger partial charge in [0, 0.05) is 25.2 Å². The van der Waals surface area contributed by atoms with Crippen molar-refractivity contribution in [3.63, 3.8) is 0 Å². The smallest absolute Gasteiger partial charge is 0.236 e. The topological polar surface area (TPSA) is 32.3 Å². The SMILES string of the molecule is C[C@H](NCC(=O)N(C)C)c1ccc(Cl)cc1. The Kier molecular flexibility index (Phi) is 4.77. The summed E-state index contributed by atoms with van der Waals surface area (Å²) in [5.74, 6) is 0.0702. The van der Waals surface area contributed by atoms with E-state index in [0.29, 0.717) is 6.54 Å². The van der Waals surface area contributed by atoms with Gasteiger partial charge in [0.1, 0.15) is 0 Å². The Morgan fingerprint density at radius 2 is 1.94 bits per heavy atom. The molecule has 1 N–H and O–H groups in total. The molecule has 0 aromatic heterocycles. The first kappa shape index (κ1) is 13.0. The van der Waals surface area contributed by atoms with Crippen molar-refractivity contribution in [2.24, 2.45) is 0 Å². The first-order valence-electron chi connectivity index (χ1n) is 5.19. The summed E-state index contributed by atoms with van der Waals surface area (Å²) in [6, 6.07) is 7.76. The highest BCUT2D eigenvalue weighted by Crippen LogP contribution is 2.15. The minimum absolute atomic E-state index is 0.0702. The average Bonchev–Trinajstić information content (AvgIpc) is 2.26. The minimum Gasteiger partial charge on any atom is -0.348 e. The summed E-state index contributed by atoms with van der Waals surface area (Å²) in [4.78, 5) is 12.9. The summed E-state index contributed by atoms with van der Waals surface area (Å²) < 4.78 is 0. The Balaban J connectivity index is 2.49. The van der Waals surface area contributed by atoms with Crippen LogP contribution in [0, 0.1) is 0 Å². The third-order valence-electron chi connectivity index (χ3n) is 2.43. The number of carbonyl (C=O) groups excluding carboxylic acids is 1. The average molecular weight is 241 g/mol. The fraction of sp³-hybridized carbons (Fsp3) is 0.417. The van der Waals surface area contributed by atoms with Gasteiger partial charge >= 0.3 is 0 Å². The zero-order valence-corrected chi connectivity index (χ0v) is 10.6. The van der Waals surface area contributed by atoms with Crippen molar-refractivity contribution in [2.75, 3.05) is 20.6 Å². The molecule has 0 aliphatic rings. The fourth-order valence-corrected chi connectivity index (χ4v) is 1.39. The van der Waals surface area contributed by atoms with E-state index >= 15 is 0 Å². The monoisotopic (exact) mass is 240 g/mol. The predicted molar refractivity (Wildman–Crippen MR) is 66.6 cm³/mol. The van der Waals surface area contributed by atoms with Crippen LogP contribution < -0.4 is 5.32 Å². The standard InChI is InChI=1S/C12H17ClN2O/c1-9(14-8-12(16)15(2)3)10-4-6-11(13)7-5-10/h4-7,9,14H,8H2,1-3H3/t9-/m0/s1. The lowest BCUT2D eigenvalue weighted by atomic mass is 10.1. The van der Waals surface area contributed by atoms with Gasteiger partial charge in [0.25, 0.3) is 0 Å². The molecular formula is C12H17ClN2O. The summed E-state index contributed by atoms with van der Waals surface area (Å²) in [5.41, 5.74) is 1.12. The number of hydrogen-bond donors (Lipinski definition) is 1. The van der Waals surface area contributed by atoms with Gasteiger partial charge in [-0.1, -0.05) is 23.7 Å². The first-order valence-corrected chi connectivity index (χ1v) is 5.57. The summed E-state index contributed by atoms with van der Waals surface area (Å²) in [6.07, 6.45) is 0. The van der Waals surface area contributed by atoms with E-state index in [9.17, 15) is 4.79 Å². The van der Waals surface area contributed by atoms with Crippen LogP contribution in [0.5, 0.6) is 0 Å². The maximum absolute atomic E-state index is 11.4. The third-order valence-corrected chi connectivity index (χ3v) is 2.68. The van der Waals surface area contributed by atoms with Gasteiger partial charge in [-0.15, -0.1) is 0 Å². The Morgan fingerprint density at radius 1 is 1.38 bits per heavy atom. The second-order valence-corrected chi connectivity index (χ2v) is 4.38. The second kappa shape index (κ2) is 5.87. The van der Waals surface area contributed by atoms with Gasteiger partial charge in [0.15, 0.2) is 0 Å². The molecule has 16 heavy (non-hydrogen) atoms. The molecule has 0 spiro atoms. The number of nitrogens with zero attached hydrogens (tertiary/aromatic N) is 1. The van der Waals surface area contributed by atoms with Crippen LogP contribution in [-0.4, -0.2) is 31.4 Å². The van der Waals surface area contributed by atoms with Crippen LogP contribution in [0.25, 0.3) is 0 Å². The zero-order valence-electron chi connectivity index (χ0n) is 9.83. The Labute approximate surface area is 101 Å².